The third kappa shape index (κ3) is 5.21. The maximum Gasteiger partial charge on any atom is 0.253 e. The summed E-state index contributed by atoms with van der Waals surface area (Å²) in [6.45, 7) is 4.68. The normalized spacial score (nSPS) is 17.2. The van der Waals surface area contributed by atoms with Crippen molar-refractivity contribution in [3.8, 4) is 11.1 Å². The summed E-state index contributed by atoms with van der Waals surface area (Å²) in [7, 11) is 5.48. The maximum atomic E-state index is 13.5. The van der Waals surface area contributed by atoms with Gasteiger partial charge in [0.1, 0.15) is 5.65 Å². The molecule has 206 valence electrons. The van der Waals surface area contributed by atoms with Crippen LogP contribution in [0.25, 0.3) is 22.2 Å². The fourth-order valence-electron chi connectivity index (χ4n) is 5.67. The number of nitrogens with zero attached hydrogens (tertiary/aromatic N) is 4. The monoisotopic (exact) mass is 537 g/mol. The number of rotatable bonds is 6. The molecular weight excluding hydrogens is 502 g/mol. The Morgan fingerprint density at radius 3 is 2.40 bits per heavy atom. The SMILES string of the molecule is CC(=O)Nc1ccc(-c2ccnc3c2cc(CN2CC[C@H](c4ccc(C(=O)N(C)C)cc4)[C@@H](C)C2=O)n3C)cc1. The molecule has 2 aromatic carbocycles. The molecule has 40 heavy (non-hydrogen) atoms. The van der Waals surface area contributed by atoms with Crippen LogP contribution < -0.4 is 5.32 Å². The number of pyridine rings is 1. The average Bonchev–Trinajstić information content (AvgIpc) is 3.26. The van der Waals surface area contributed by atoms with Crippen molar-refractivity contribution in [3.05, 3.63) is 83.7 Å². The molecule has 1 saturated heterocycles. The first-order valence-corrected chi connectivity index (χ1v) is 13.6. The molecule has 4 aromatic rings. The molecule has 8 nitrogen and oxygen atoms in total. The molecule has 1 N–H and O–H groups in total. The number of benzene rings is 2. The Morgan fingerprint density at radius 1 is 1.05 bits per heavy atom. The van der Waals surface area contributed by atoms with Crippen LogP contribution in [-0.4, -0.2) is 57.7 Å². The number of fused-ring (bicyclic) bond motifs is 1. The summed E-state index contributed by atoms with van der Waals surface area (Å²) < 4.78 is 2.06. The summed E-state index contributed by atoms with van der Waals surface area (Å²) in [5.74, 6) is -0.0334. The van der Waals surface area contributed by atoms with Crippen LogP contribution in [0.5, 0.6) is 0 Å². The Balaban J connectivity index is 1.34. The molecule has 0 unspecified atom stereocenters. The number of aromatic nitrogens is 2. The van der Waals surface area contributed by atoms with E-state index < -0.39 is 0 Å². The maximum absolute atomic E-state index is 13.5. The first-order chi connectivity index (χ1) is 19.1. The van der Waals surface area contributed by atoms with Gasteiger partial charge in [-0.05, 0) is 65.4 Å². The van der Waals surface area contributed by atoms with Gasteiger partial charge in [-0.25, -0.2) is 4.98 Å². The lowest BCUT2D eigenvalue weighted by atomic mass is 9.80. The molecule has 1 aliphatic rings. The van der Waals surface area contributed by atoms with E-state index >= 15 is 0 Å². The second-order valence-electron chi connectivity index (χ2n) is 10.8. The Bertz CT molecular complexity index is 1570. The van der Waals surface area contributed by atoms with Gasteiger partial charge in [0, 0.05) is 69.1 Å². The van der Waals surface area contributed by atoms with Crippen LogP contribution in [0.2, 0.25) is 0 Å². The number of amides is 3. The molecule has 0 saturated carbocycles. The lowest BCUT2D eigenvalue weighted by Gasteiger charge is -2.36. The second kappa shape index (κ2) is 11.0. The van der Waals surface area contributed by atoms with Gasteiger partial charge in [0.25, 0.3) is 5.91 Å². The summed E-state index contributed by atoms with van der Waals surface area (Å²) in [6.07, 6.45) is 2.67. The van der Waals surface area contributed by atoms with Gasteiger partial charge in [0.2, 0.25) is 11.8 Å². The van der Waals surface area contributed by atoms with Crippen molar-refractivity contribution >= 4 is 34.4 Å². The van der Waals surface area contributed by atoms with E-state index in [0.29, 0.717) is 18.7 Å². The molecule has 0 radical (unpaired) electrons. The Hall–Kier alpha value is -4.46. The smallest absolute Gasteiger partial charge is 0.253 e. The van der Waals surface area contributed by atoms with Crippen LogP contribution in [0.15, 0.2) is 66.9 Å². The van der Waals surface area contributed by atoms with Crippen molar-refractivity contribution in [1.29, 1.82) is 0 Å². The number of hydrogen-bond donors (Lipinski definition) is 1. The van der Waals surface area contributed by atoms with E-state index in [0.717, 1.165) is 45.5 Å². The minimum absolute atomic E-state index is 0.0277. The average molecular weight is 538 g/mol. The number of carbonyl (C=O) groups is 3. The van der Waals surface area contributed by atoms with Crippen LogP contribution >= 0.6 is 0 Å². The molecule has 1 fully saturated rings. The number of piperidine rings is 1. The van der Waals surface area contributed by atoms with Gasteiger partial charge in [-0.1, -0.05) is 31.2 Å². The number of carbonyl (C=O) groups excluding carboxylic acids is 3. The van der Waals surface area contributed by atoms with Gasteiger partial charge in [-0.2, -0.15) is 0 Å². The van der Waals surface area contributed by atoms with Crippen molar-refractivity contribution in [1.82, 2.24) is 19.4 Å². The summed E-state index contributed by atoms with van der Waals surface area (Å²) in [5, 5.41) is 3.83. The third-order valence-corrected chi connectivity index (χ3v) is 7.90. The van der Waals surface area contributed by atoms with E-state index in [4.69, 9.17) is 0 Å². The summed E-state index contributed by atoms with van der Waals surface area (Å²) in [4.78, 5) is 45.3. The topological polar surface area (TPSA) is 87.5 Å². The molecular formula is C32H35N5O3. The minimum atomic E-state index is -0.158. The predicted molar refractivity (Wildman–Crippen MR) is 157 cm³/mol. The first-order valence-electron chi connectivity index (χ1n) is 13.6. The van der Waals surface area contributed by atoms with E-state index in [9.17, 15) is 14.4 Å². The zero-order valence-electron chi connectivity index (χ0n) is 23.6. The van der Waals surface area contributed by atoms with Gasteiger partial charge in [-0.3, -0.25) is 14.4 Å². The molecule has 0 bridgehead atoms. The molecule has 2 atom stereocenters. The molecule has 3 heterocycles. The Morgan fingerprint density at radius 2 is 1.75 bits per heavy atom. The highest BCUT2D eigenvalue weighted by atomic mass is 16.2. The van der Waals surface area contributed by atoms with Gasteiger partial charge >= 0.3 is 0 Å². The first kappa shape index (κ1) is 27.1. The zero-order valence-corrected chi connectivity index (χ0v) is 23.6. The highest BCUT2D eigenvalue weighted by Gasteiger charge is 2.34. The number of aryl methyl sites for hydroxylation is 1. The zero-order chi connectivity index (χ0) is 28.6. The van der Waals surface area contributed by atoms with Crippen LogP contribution in [0.3, 0.4) is 0 Å². The number of nitrogens with one attached hydrogen (secondary N) is 1. The van der Waals surface area contributed by atoms with Crippen molar-refractivity contribution in [2.45, 2.75) is 32.7 Å². The predicted octanol–water partition coefficient (Wildman–Crippen LogP) is 5.05. The Labute approximate surface area is 234 Å². The molecule has 3 amide bonds. The summed E-state index contributed by atoms with van der Waals surface area (Å²) >= 11 is 0. The van der Waals surface area contributed by atoms with Crippen LogP contribution in [-0.2, 0) is 23.2 Å². The van der Waals surface area contributed by atoms with Crippen molar-refractivity contribution in [2.75, 3.05) is 26.0 Å². The van der Waals surface area contributed by atoms with Crippen molar-refractivity contribution < 1.29 is 14.4 Å². The van der Waals surface area contributed by atoms with Crippen molar-refractivity contribution in [2.24, 2.45) is 13.0 Å². The molecule has 1 aliphatic heterocycles. The highest BCUT2D eigenvalue weighted by Crippen LogP contribution is 2.36. The number of anilines is 1. The summed E-state index contributed by atoms with van der Waals surface area (Å²) in [5.41, 5.74) is 6.47. The van der Waals surface area contributed by atoms with E-state index in [1.165, 1.54) is 6.92 Å². The molecule has 0 aliphatic carbocycles. The standard InChI is InChI=1S/C32H35N5O3/c1-20-27(22-6-8-24(9-7-22)32(40)35(3)4)15-17-37(31(20)39)19-26-18-29-28(14-16-33-30(29)36(26)5)23-10-12-25(13-11-23)34-21(2)38/h6-14,16,18,20,27H,15,17,19H2,1-5H3,(H,34,38)/t20-,27+/m1/s1. The lowest BCUT2D eigenvalue weighted by Crippen LogP contribution is -2.43. The van der Waals surface area contributed by atoms with E-state index in [1.807, 2.05) is 73.5 Å². The van der Waals surface area contributed by atoms with Gasteiger partial charge < -0.3 is 19.7 Å². The van der Waals surface area contributed by atoms with Gasteiger partial charge in [0.05, 0.1) is 6.54 Å². The van der Waals surface area contributed by atoms with Crippen LogP contribution in [0.4, 0.5) is 5.69 Å². The molecule has 2 aromatic heterocycles. The van der Waals surface area contributed by atoms with E-state index in [2.05, 4.69) is 20.9 Å². The fraction of sp³-hybridized carbons (Fsp3) is 0.312. The van der Waals surface area contributed by atoms with Crippen molar-refractivity contribution in [3.63, 3.8) is 0 Å². The quantitative estimate of drug-likeness (QED) is 0.373. The second-order valence-corrected chi connectivity index (χ2v) is 10.8. The molecule has 5 rings (SSSR count). The lowest BCUT2D eigenvalue weighted by molar-refractivity contribution is -0.139. The summed E-state index contributed by atoms with van der Waals surface area (Å²) in [6, 6.07) is 19.6. The van der Waals surface area contributed by atoms with Gasteiger partial charge in [0.15, 0.2) is 0 Å². The van der Waals surface area contributed by atoms with Gasteiger partial charge in [-0.15, -0.1) is 0 Å². The van der Waals surface area contributed by atoms with Crippen LogP contribution in [0, 0.1) is 5.92 Å². The number of likely N-dealkylation sites (tertiary alicyclic amines) is 1. The minimum Gasteiger partial charge on any atom is -0.345 e. The Kier molecular flexibility index (Phi) is 7.43. The molecule has 0 spiro atoms. The molecule has 8 heteroatoms. The van der Waals surface area contributed by atoms with Crippen LogP contribution in [0.1, 0.15) is 47.8 Å². The van der Waals surface area contributed by atoms with E-state index in [1.54, 1.807) is 25.2 Å². The fourth-order valence-corrected chi connectivity index (χ4v) is 5.67. The third-order valence-electron chi connectivity index (χ3n) is 7.90. The van der Waals surface area contributed by atoms with E-state index in [-0.39, 0.29) is 29.6 Å². The number of hydrogen-bond acceptors (Lipinski definition) is 4. The highest BCUT2D eigenvalue weighted by molar-refractivity contribution is 5.95. The largest absolute Gasteiger partial charge is 0.345 e.